The van der Waals surface area contributed by atoms with Crippen LogP contribution in [0.2, 0.25) is 0 Å². The molecule has 1 fully saturated rings. The van der Waals surface area contributed by atoms with Crippen molar-refractivity contribution in [2.75, 3.05) is 0 Å². The SMILES string of the molecule is CCCCC1CC1C(=O)NNC(=O)c1ccc([N+](=O)[O-])cc1. The first-order chi connectivity index (χ1) is 10.5. The van der Waals surface area contributed by atoms with Gasteiger partial charge in [-0.3, -0.25) is 30.6 Å². The second kappa shape index (κ2) is 7.02. The number of hydrazine groups is 1. The van der Waals surface area contributed by atoms with E-state index in [-0.39, 0.29) is 23.1 Å². The van der Waals surface area contributed by atoms with Crippen LogP contribution in [0.3, 0.4) is 0 Å². The van der Waals surface area contributed by atoms with E-state index in [2.05, 4.69) is 17.8 Å². The Morgan fingerprint density at radius 1 is 1.27 bits per heavy atom. The summed E-state index contributed by atoms with van der Waals surface area (Å²) in [6.45, 7) is 2.11. The van der Waals surface area contributed by atoms with Crippen molar-refractivity contribution in [3.63, 3.8) is 0 Å². The van der Waals surface area contributed by atoms with Crippen molar-refractivity contribution in [3.05, 3.63) is 39.9 Å². The van der Waals surface area contributed by atoms with Gasteiger partial charge in [0.1, 0.15) is 0 Å². The normalized spacial score (nSPS) is 19.3. The Morgan fingerprint density at radius 2 is 1.95 bits per heavy atom. The van der Waals surface area contributed by atoms with E-state index in [0.717, 1.165) is 25.7 Å². The maximum atomic E-state index is 11.8. The van der Waals surface area contributed by atoms with Gasteiger partial charge >= 0.3 is 0 Å². The summed E-state index contributed by atoms with van der Waals surface area (Å²) >= 11 is 0. The predicted octanol–water partition coefficient (Wildman–Crippen LogP) is 2.18. The summed E-state index contributed by atoms with van der Waals surface area (Å²) in [6.07, 6.45) is 4.15. The van der Waals surface area contributed by atoms with Crippen molar-refractivity contribution in [2.24, 2.45) is 11.8 Å². The molecule has 1 aliphatic carbocycles. The second-order valence-corrected chi connectivity index (χ2v) is 5.49. The maximum absolute atomic E-state index is 11.8. The Morgan fingerprint density at radius 3 is 2.55 bits per heavy atom. The first kappa shape index (κ1) is 15.9. The fourth-order valence-electron chi connectivity index (χ4n) is 2.37. The number of amides is 2. The van der Waals surface area contributed by atoms with Crippen LogP contribution in [-0.4, -0.2) is 16.7 Å². The van der Waals surface area contributed by atoms with Crippen LogP contribution in [-0.2, 0) is 4.79 Å². The molecule has 0 aromatic heterocycles. The molecule has 22 heavy (non-hydrogen) atoms. The molecule has 0 bridgehead atoms. The number of nitro benzene ring substituents is 1. The quantitative estimate of drug-likeness (QED) is 0.621. The third kappa shape index (κ3) is 4.03. The molecule has 1 aromatic rings. The zero-order chi connectivity index (χ0) is 16.1. The molecule has 0 heterocycles. The van der Waals surface area contributed by atoms with Crippen LogP contribution in [0.15, 0.2) is 24.3 Å². The summed E-state index contributed by atoms with van der Waals surface area (Å²) in [4.78, 5) is 33.7. The first-order valence-electron chi connectivity index (χ1n) is 7.37. The molecule has 7 nitrogen and oxygen atoms in total. The second-order valence-electron chi connectivity index (χ2n) is 5.49. The maximum Gasteiger partial charge on any atom is 0.269 e. The topological polar surface area (TPSA) is 101 Å². The van der Waals surface area contributed by atoms with Crippen molar-refractivity contribution in [1.29, 1.82) is 0 Å². The Hall–Kier alpha value is -2.44. The average molecular weight is 305 g/mol. The molecule has 1 aliphatic rings. The van der Waals surface area contributed by atoms with E-state index in [9.17, 15) is 19.7 Å². The number of nitrogens with one attached hydrogen (secondary N) is 2. The summed E-state index contributed by atoms with van der Waals surface area (Å²) in [5.74, 6) is -0.245. The van der Waals surface area contributed by atoms with Crippen molar-refractivity contribution in [1.82, 2.24) is 10.9 Å². The van der Waals surface area contributed by atoms with Gasteiger partial charge in [-0.1, -0.05) is 19.8 Å². The van der Waals surface area contributed by atoms with Gasteiger partial charge in [-0.25, -0.2) is 0 Å². The number of carbonyl (C=O) groups is 2. The van der Waals surface area contributed by atoms with E-state index in [1.165, 1.54) is 24.3 Å². The molecule has 2 atom stereocenters. The number of nitro groups is 1. The van der Waals surface area contributed by atoms with E-state index in [4.69, 9.17) is 0 Å². The first-order valence-corrected chi connectivity index (χ1v) is 7.37. The number of carbonyl (C=O) groups excluding carboxylic acids is 2. The Labute approximate surface area is 128 Å². The van der Waals surface area contributed by atoms with Crippen LogP contribution in [0.1, 0.15) is 43.0 Å². The van der Waals surface area contributed by atoms with Crippen molar-refractivity contribution >= 4 is 17.5 Å². The highest BCUT2D eigenvalue weighted by Gasteiger charge is 2.42. The summed E-state index contributed by atoms with van der Waals surface area (Å²) < 4.78 is 0. The molecule has 1 aromatic carbocycles. The molecular weight excluding hydrogens is 286 g/mol. The average Bonchev–Trinajstić information content (AvgIpc) is 3.30. The minimum atomic E-state index is -0.535. The lowest BCUT2D eigenvalue weighted by Gasteiger charge is -2.07. The third-order valence-corrected chi connectivity index (χ3v) is 3.83. The number of hydrogen-bond acceptors (Lipinski definition) is 4. The monoisotopic (exact) mass is 305 g/mol. The van der Waals surface area contributed by atoms with Crippen LogP contribution < -0.4 is 10.9 Å². The highest BCUT2D eigenvalue weighted by Crippen LogP contribution is 2.42. The van der Waals surface area contributed by atoms with Gasteiger partial charge in [0.25, 0.3) is 11.6 Å². The standard InChI is InChI=1S/C15H19N3O4/c1-2-3-4-11-9-13(11)15(20)17-16-14(19)10-5-7-12(8-6-10)18(21)22/h5-8,11,13H,2-4,9H2,1H3,(H,16,19)(H,17,20). The molecule has 1 saturated carbocycles. The van der Waals surface area contributed by atoms with Gasteiger partial charge < -0.3 is 0 Å². The number of benzene rings is 1. The van der Waals surface area contributed by atoms with Crippen molar-refractivity contribution in [2.45, 2.75) is 32.6 Å². The van der Waals surface area contributed by atoms with Gasteiger partial charge in [0.05, 0.1) is 4.92 Å². The van der Waals surface area contributed by atoms with Gasteiger partial charge in [0.15, 0.2) is 0 Å². The third-order valence-electron chi connectivity index (χ3n) is 3.83. The highest BCUT2D eigenvalue weighted by molar-refractivity contribution is 5.95. The van der Waals surface area contributed by atoms with Crippen molar-refractivity contribution in [3.8, 4) is 0 Å². The van der Waals surface area contributed by atoms with E-state index >= 15 is 0 Å². The summed E-state index contributed by atoms with van der Waals surface area (Å²) in [6, 6.07) is 5.19. The van der Waals surface area contributed by atoms with E-state index < -0.39 is 10.8 Å². The Kier molecular flexibility index (Phi) is 5.08. The predicted molar refractivity (Wildman–Crippen MR) is 79.8 cm³/mol. The molecule has 2 amide bonds. The fraction of sp³-hybridized carbons (Fsp3) is 0.467. The van der Waals surface area contributed by atoms with Crippen LogP contribution >= 0.6 is 0 Å². The van der Waals surface area contributed by atoms with Crippen molar-refractivity contribution < 1.29 is 14.5 Å². The molecule has 0 saturated heterocycles. The van der Waals surface area contributed by atoms with Crippen LogP contribution in [0.25, 0.3) is 0 Å². The zero-order valence-electron chi connectivity index (χ0n) is 12.4. The van der Waals surface area contributed by atoms with Gasteiger partial charge in [-0.05, 0) is 30.9 Å². The smallest absolute Gasteiger partial charge is 0.269 e. The number of hydrogen-bond donors (Lipinski definition) is 2. The molecule has 2 unspecified atom stereocenters. The molecule has 0 aliphatic heterocycles. The highest BCUT2D eigenvalue weighted by atomic mass is 16.6. The largest absolute Gasteiger partial charge is 0.273 e. The van der Waals surface area contributed by atoms with Gasteiger partial charge in [0.2, 0.25) is 5.91 Å². The molecular formula is C15H19N3O4. The minimum absolute atomic E-state index is 0.0105. The van der Waals surface area contributed by atoms with Crippen LogP contribution in [0, 0.1) is 22.0 Å². The summed E-state index contributed by atoms with van der Waals surface area (Å²) in [5, 5.41) is 10.5. The summed E-state index contributed by atoms with van der Waals surface area (Å²) in [5.41, 5.74) is 4.92. The van der Waals surface area contributed by atoms with E-state index in [1.807, 2.05) is 0 Å². The van der Waals surface area contributed by atoms with Gasteiger partial charge in [0, 0.05) is 23.6 Å². The number of non-ortho nitro benzene ring substituents is 1. The minimum Gasteiger partial charge on any atom is -0.273 e. The molecule has 0 radical (unpaired) electrons. The summed E-state index contributed by atoms with van der Waals surface area (Å²) in [7, 11) is 0. The van der Waals surface area contributed by atoms with E-state index in [0.29, 0.717) is 5.92 Å². The molecule has 118 valence electrons. The van der Waals surface area contributed by atoms with Crippen LogP contribution in [0.5, 0.6) is 0 Å². The molecule has 2 N–H and O–H groups in total. The van der Waals surface area contributed by atoms with Gasteiger partial charge in [-0.2, -0.15) is 0 Å². The van der Waals surface area contributed by atoms with Gasteiger partial charge in [-0.15, -0.1) is 0 Å². The Bertz CT molecular complexity index is 571. The lowest BCUT2D eigenvalue weighted by Crippen LogP contribution is -2.42. The number of nitrogens with zero attached hydrogens (tertiary/aromatic N) is 1. The zero-order valence-corrected chi connectivity index (χ0v) is 12.4. The lowest BCUT2D eigenvalue weighted by molar-refractivity contribution is -0.384. The number of rotatable bonds is 6. The Balaban J connectivity index is 1.78. The fourth-order valence-corrected chi connectivity index (χ4v) is 2.37. The molecule has 2 rings (SSSR count). The molecule has 0 spiro atoms. The van der Waals surface area contributed by atoms with E-state index in [1.54, 1.807) is 0 Å². The van der Waals surface area contributed by atoms with Crippen LogP contribution in [0.4, 0.5) is 5.69 Å². The number of unbranched alkanes of at least 4 members (excludes halogenated alkanes) is 1. The molecule has 7 heteroatoms. The lowest BCUT2D eigenvalue weighted by atomic mass is 10.1.